The zero-order valence-corrected chi connectivity index (χ0v) is 18.2. The van der Waals surface area contributed by atoms with Gasteiger partial charge in [-0.25, -0.2) is 8.42 Å². The summed E-state index contributed by atoms with van der Waals surface area (Å²) in [7, 11) is -0.458. The van der Waals surface area contributed by atoms with Crippen molar-refractivity contribution in [1.29, 1.82) is 0 Å². The maximum atomic E-state index is 13.0. The number of hydrogen-bond donors (Lipinski definition) is 1. The second-order valence-corrected chi connectivity index (χ2v) is 8.86. The first-order valence-electron chi connectivity index (χ1n) is 9.54. The number of amides is 1. The molecule has 9 heteroatoms. The molecule has 2 unspecified atom stereocenters. The van der Waals surface area contributed by atoms with Crippen molar-refractivity contribution in [3.8, 4) is 17.2 Å². The van der Waals surface area contributed by atoms with E-state index < -0.39 is 16.1 Å². The third kappa shape index (κ3) is 4.46. The molecule has 162 valence electrons. The van der Waals surface area contributed by atoms with Gasteiger partial charge in [0.1, 0.15) is 5.75 Å². The molecule has 8 nitrogen and oxygen atoms in total. The fourth-order valence-corrected chi connectivity index (χ4v) is 4.32. The van der Waals surface area contributed by atoms with Crippen molar-refractivity contribution in [1.82, 2.24) is 5.32 Å². The van der Waals surface area contributed by atoms with Crippen LogP contribution in [0.15, 0.2) is 42.5 Å². The molecule has 1 aliphatic rings. The molecule has 0 bridgehead atoms. The van der Waals surface area contributed by atoms with Crippen molar-refractivity contribution in [3.05, 3.63) is 48.0 Å². The van der Waals surface area contributed by atoms with Gasteiger partial charge in [0.25, 0.3) is 5.91 Å². The van der Waals surface area contributed by atoms with E-state index in [-0.39, 0.29) is 18.5 Å². The van der Waals surface area contributed by atoms with E-state index in [0.29, 0.717) is 29.4 Å². The average molecular weight is 435 g/mol. The monoisotopic (exact) mass is 434 g/mol. The number of nitrogens with one attached hydrogen (secondary N) is 1. The van der Waals surface area contributed by atoms with Crippen molar-refractivity contribution in [3.63, 3.8) is 0 Å². The summed E-state index contributed by atoms with van der Waals surface area (Å²) in [6, 6.07) is 11.9. The first kappa shape index (κ1) is 21.8. The lowest BCUT2D eigenvalue weighted by Gasteiger charge is -2.34. The van der Waals surface area contributed by atoms with E-state index in [2.05, 4.69) is 5.32 Å². The van der Waals surface area contributed by atoms with Crippen LogP contribution in [0, 0.1) is 0 Å². The molecule has 2 aromatic rings. The first-order chi connectivity index (χ1) is 14.3. The van der Waals surface area contributed by atoms with Crippen molar-refractivity contribution in [2.45, 2.75) is 25.5 Å². The number of fused-ring (bicyclic) bond motifs is 1. The van der Waals surface area contributed by atoms with Crippen LogP contribution in [0.1, 0.15) is 24.9 Å². The van der Waals surface area contributed by atoms with Crippen LogP contribution in [0.2, 0.25) is 0 Å². The third-order valence-corrected chi connectivity index (χ3v) is 6.11. The Balaban J connectivity index is 1.82. The summed E-state index contributed by atoms with van der Waals surface area (Å²) in [4.78, 5) is 13.0. The van der Waals surface area contributed by atoms with Crippen LogP contribution in [0.25, 0.3) is 0 Å². The Hall–Kier alpha value is -2.94. The third-order valence-electron chi connectivity index (χ3n) is 4.96. The van der Waals surface area contributed by atoms with Crippen molar-refractivity contribution < 1.29 is 27.4 Å². The number of carbonyl (C=O) groups is 1. The van der Waals surface area contributed by atoms with Crippen LogP contribution in [0.3, 0.4) is 0 Å². The summed E-state index contributed by atoms with van der Waals surface area (Å²) in [5.41, 5.74) is 1.27. The van der Waals surface area contributed by atoms with Crippen LogP contribution in [0.5, 0.6) is 17.2 Å². The lowest BCUT2D eigenvalue weighted by molar-refractivity contribution is -0.128. The summed E-state index contributed by atoms with van der Waals surface area (Å²) < 4.78 is 42.2. The number of hydrogen-bond acceptors (Lipinski definition) is 6. The molecule has 2 atom stereocenters. The topological polar surface area (TPSA) is 94.2 Å². The minimum atomic E-state index is -3.57. The highest BCUT2D eigenvalue weighted by Gasteiger charge is 2.35. The van der Waals surface area contributed by atoms with Gasteiger partial charge in [-0.1, -0.05) is 25.1 Å². The van der Waals surface area contributed by atoms with Gasteiger partial charge in [-0.15, -0.1) is 0 Å². The second-order valence-electron chi connectivity index (χ2n) is 6.95. The molecule has 0 aromatic heterocycles. The number of carbonyl (C=O) groups excluding carboxylic acids is 1. The Labute approximate surface area is 176 Å². The highest BCUT2D eigenvalue weighted by Crippen LogP contribution is 2.35. The number of sulfonamides is 1. The highest BCUT2D eigenvalue weighted by molar-refractivity contribution is 7.92. The molecule has 0 spiro atoms. The number of anilines is 1. The normalized spacial score (nSPS) is 16.8. The summed E-state index contributed by atoms with van der Waals surface area (Å²) in [6.45, 7) is 1.85. The van der Waals surface area contributed by atoms with Gasteiger partial charge in [0, 0.05) is 0 Å². The van der Waals surface area contributed by atoms with Crippen LogP contribution in [0.4, 0.5) is 5.69 Å². The molecule has 30 heavy (non-hydrogen) atoms. The lowest BCUT2D eigenvalue weighted by Crippen LogP contribution is -2.51. The number of benzene rings is 2. The molecule has 0 fully saturated rings. The summed E-state index contributed by atoms with van der Waals surface area (Å²) in [5.74, 6) is 1.13. The summed E-state index contributed by atoms with van der Waals surface area (Å²) in [6.07, 6.45) is 0.770. The molecule has 1 amide bonds. The Morgan fingerprint density at radius 3 is 2.53 bits per heavy atom. The van der Waals surface area contributed by atoms with Gasteiger partial charge >= 0.3 is 0 Å². The molecule has 0 radical (unpaired) electrons. The molecule has 1 aliphatic heterocycles. The van der Waals surface area contributed by atoms with Gasteiger partial charge in [-0.3, -0.25) is 9.10 Å². The number of methoxy groups -OCH3 is 2. The largest absolute Gasteiger partial charge is 0.493 e. The SMILES string of the molecule is CCC(NC(=O)C1CN(S(C)(=O)=O)c2ccccc2O1)c1ccc(OC)c(OC)c1. The number of rotatable bonds is 7. The Bertz CT molecular complexity index is 1020. The molecule has 3 rings (SSSR count). The van der Waals surface area contributed by atoms with Gasteiger partial charge in [0.05, 0.1) is 38.7 Å². The minimum absolute atomic E-state index is 0.0932. The molecule has 2 aromatic carbocycles. The second kappa shape index (κ2) is 8.83. The molecule has 1 heterocycles. The smallest absolute Gasteiger partial charge is 0.263 e. The van der Waals surface area contributed by atoms with E-state index in [1.807, 2.05) is 19.1 Å². The standard InChI is InChI=1S/C21H26N2O6S/c1-5-15(14-10-11-18(27-2)19(12-14)28-3)22-21(24)20-13-23(30(4,25)26)16-8-6-7-9-17(16)29-20/h6-12,15,20H,5,13H2,1-4H3,(H,22,24). The quantitative estimate of drug-likeness (QED) is 0.720. The van der Waals surface area contributed by atoms with Gasteiger partial charge < -0.3 is 19.5 Å². The predicted octanol–water partition coefficient (Wildman–Crippen LogP) is 2.50. The molecule has 0 aliphatic carbocycles. The highest BCUT2D eigenvalue weighted by atomic mass is 32.2. The van der Waals surface area contributed by atoms with Gasteiger partial charge in [-0.2, -0.15) is 0 Å². The van der Waals surface area contributed by atoms with Crippen LogP contribution >= 0.6 is 0 Å². The molecule has 0 saturated heterocycles. The van der Waals surface area contributed by atoms with E-state index in [1.165, 1.54) is 4.31 Å². The maximum absolute atomic E-state index is 13.0. The van der Waals surface area contributed by atoms with Gasteiger partial charge in [-0.05, 0) is 36.2 Å². The van der Waals surface area contributed by atoms with Crippen LogP contribution < -0.4 is 23.8 Å². The minimum Gasteiger partial charge on any atom is -0.493 e. The van der Waals surface area contributed by atoms with Crippen LogP contribution in [-0.2, 0) is 14.8 Å². The molecule has 0 saturated carbocycles. The van der Waals surface area contributed by atoms with Crippen molar-refractivity contribution >= 4 is 21.6 Å². The maximum Gasteiger partial charge on any atom is 0.263 e. The number of ether oxygens (including phenoxy) is 3. The summed E-state index contributed by atoms with van der Waals surface area (Å²) >= 11 is 0. The summed E-state index contributed by atoms with van der Waals surface area (Å²) in [5, 5.41) is 2.96. The first-order valence-corrected chi connectivity index (χ1v) is 11.4. The van der Waals surface area contributed by atoms with Gasteiger partial charge in [0.2, 0.25) is 10.0 Å². The predicted molar refractivity (Wildman–Crippen MR) is 114 cm³/mol. The Morgan fingerprint density at radius 1 is 1.20 bits per heavy atom. The lowest BCUT2D eigenvalue weighted by atomic mass is 10.0. The van der Waals surface area contributed by atoms with Crippen molar-refractivity contribution in [2.24, 2.45) is 0 Å². The zero-order chi connectivity index (χ0) is 21.9. The van der Waals surface area contributed by atoms with Gasteiger partial charge in [0.15, 0.2) is 17.6 Å². The van der Waals surface area contributed by atoms with Crippen molar-refractivity contribution in [2.75, 3.05) is 31.3 Å². The zero-order valence-electron chi connectivity index (χ0n) is 17.4. The van der Waals surface area contributed by atoms with E-state index in [1.54, 1.807) is 44.6 Å². The fourth-order valence-electron chi connectivity index (χ4n) is 3.41. The molecular weight excluding hydrogens is 408 g/mol. The van der Waals surface area contributed by atoms with E-state index in [0.717, 1.165) is 11.8 Å². The van der Waals surface area contributed by atoms with E-state index in [9.17, 15) is 13.2 Å². The number of para-hydroxylation sites is 2. The van der Waals surface area contributed by atoms with E-state index in [4.69, 9.17) is 14.2 Å². The van der Waals surface area contributed by atoms with E-state index >= 15 is 0 Å². The fraction of sp³-hybridized carbons (Fsp3) is 0.381. The molecule has 1 N–H and O–H groups in total. The average Bonchev–Trinajstić information content (AvgIpc) is 2.75. The number of nitrogens with zero attached hydrogens (tertiary/aromatic N) is 1. The Morgan fingerprint density at radius 2 is 1.90 bits per heavy atom. The Kier molecular flexibility index (Phi) is 6.40. The van der Waals surface area contributed by atoms with Crippen LogP contribution in [-0.4, -0.2) is 47.4 Å². The molecular formula is C21H26N2O6S.